The number of hydrogen-bond donors (Lipinski definition) is 2. The maximum atomic E-state index is 12.3. The van der Waals surface area contributed by atoms with E-state index in [4.69, 9.17) is 4.74 Å². The van der Waals surface area contributed by atoms with Crippen molar-refractivity contribution in [3.05, 3.63) is 0 Å². The Morgan fingerprint density at radius 1 is 1.40 bits per heavy atom. The van der Waals surface area contributed by atoms with Gasteiger partial charge in [-0.2, -0.15) is 0 Å². The van der Waals surface area contributed by atoms with E-state index in [0.29, 0.717) is 12.1 Å². The maximum Gasteiger partial charge on any atom is 0.224 e. The molecule has 0 aromatic heterocycles. The highest BCUT2D eigenvalue weighted by Crippen LogP contribution is 2.57. The minimum atomic E-state index is 0. The van der Waals surface area contributed by atoms with Gasteiger partial charge < -0.3 is 15.4 Å². The summed E-state index contributed by atoms with van der Waals surface area (Å²) in [6.45, 7) is 4.76. The first-order valence-corrected chi connectivity index (χ1v) is 7.89. The largest absolute Gasteiger partial charge is 0.378 e. The third kappa shape index (κ3) is 2.70. The molecule has 0 aromatic rings. The zero-order valence-corrected chi connectivity index (χ0v) is 13.1. The summed E-state index contributed by atoms with van der Waals surface area (Å²) in [5, 5.41) is 6.63. The molecule has 3 aliphatic rings. The third-order valence-electron chi connectivity index (χ3n) is 5.42. The first-order valence-electron chi connectivity index (χ1n) is 7.89. The van der Waals surface area contributed by atoms with Crippen LogP contribution in [0.15, 0.2) is 0 Å². The Balaban J connectivity index is 0.00000147. The van der Waals surface area contributed by atoms with Crippen molar-refractivity contribution in [1.29, 1.82) is 0 Å². The van der Waals surface area contributed by atoms with Crippen molar-refractivity contribution in [3.63, 3.8) is 0 Å². The number of ether oxygens (including phenoxy) is 1. The summed E-state index contributed by atoms with van der Waals surface area (Å²) in [6.07, 6.45) is 7.31. The number of amides is 1. The molecule has 116 valence electrons. The molecule has 20 heavy (non-hydrogen) atoms. The number of nitrogens with one attached hydrogen (secondary N) is 2. The molecule has 2 N–H and O–H groups in total. The standard InChI is InChI=1S/C15H26N2O2.ClH/c1-2-19-13-9-12(15(13)6-4-7-15)17-14(18)11-5-3-8-16-10-11;/h11-13,16H,2-10H2,1H3,(H,17,18);1H. The summed E-state index contributed by atoms with van der Waals surface area (Å²) in [7, 11) is 0. The molecule has 2 saturated carbocycles. The molecule has 2 aliphatic carbocycles. The Morgan fingerprint density at radius 2 is 2.20 bits per heavy atom. The van der Waals surface area contributed by atoms with Gasteiger partial charge in [-0.15, -0.1) is 12.4 Å². The van der Waals surface area contributed by atoms with E-state index in [0.717, 1.165) is 39.0 Å². The van der Waals surface area contributed by atoms with Crippen molar-refractivity contribution in [2.24, 2.45) is 11.3 Å². The number of halogens is 1. The lowest BCUT2D eigenvalue weighted by molar-refractivity contribution is -0.176. The summed E-state index contributed by atoms with van der Waals surface area (Å²) in [5.74, 6) is 0.440. The van der Waals surface area contributed by atoms with E-state index in [9.17, 15) is 4.79 Å². The number of carbonyl (C=O) groups is 1. The van der Waals surface area contributed by atoms with E-state index < -0.39 is 0 Å². The highest BCUT2D eigenvalue weighted by atomic mass is 35.5. The SMILES string of the molecule is CCOC1CC(NC(=O)C2CCCNC2)C12CCC2.Cl. The van der Waals surface area contributed by atoms with E-state index in [1.165, 1.54) is 19.3 Å². The lowest BCUT2D eigenvalue weighted by Crippen LogP contribution is -2.68. The van der Waals surface area contributed by atoms with Gasteiger partial charge in [0.15, 0.2) is 0 Å². The fourth-order valence-electron chi connectivity index (χ4n) is 4.01. The predicted molar refractivity (Wildman–Crippen MR) is 81.1 cm³/mol. The molecular formula is C15H27ClN2O2. The van der Waals surface area contributed by atoms with Gasteiger partial charge in [0.25, 0.3) is 0 Å². The van der Waals surface area contributed by atoms with E-state index in [1.807, 2.05) is 0 Å². The molecule has 1 amide bonds. The predicted octanol–water partition coefficient (Wildman–Crippen LogP) is 1.87. The van der Waals surface area contributed by atoms with Crippen molar-refractivity contribution < 1.29 is 9.53 Å². The van der Waals surface area contributed by atoms with Gasteiger partial charge in [0.05, 0.1) is 12.0 Å². The second kappa shape index (κ2) is 6.63. The summed E-state index contributed by atoms with van der Waals surface area (Å²) >= 11 is 0. The minimum Gasteiger partial charge on any atom is -0.378 e. The van der Waals surface area contributed by atoms with E-state index in [-0.39, 0.29) is 29.6 Å². The van der Waals surface area contributed by atoms with E-state index in [2.05, 4.69) is 17.6 Å². The molecule has 1 heterocycles. The van der Waals surface area contributed by atoms with Crippen LogP contribution in [0.5, 0.6) is 0 Å². The topological polar surface area (TPSA) is 50.4 Å². The van der Waals surface area contributed by atoms with Crippen LogP contribution >= 0.6 is 12.4 Å². The normalized spacial score (nSPS) is 34.5. The van der Waals surface area contributed by atoms with Gasteiger partial charge >= 0.3 is 0 Å². The first kappa shape index (κ1) is 16.1. The van der Waals surface area contributed by atoms with Crippen molar-refractivity contribution in [3.8, 4) is 0 Å². The van der Waals surface area contributed by atoms with Crippen LogP contribution in [0.3, 0.4) is 0 Å². The Kier molecular flexibility index (Phi) is 5.32. The maximum absolute atomic E-state index is 12.3. The molecule has 3 fully saturated rings. The summed E-state index contributed by atoms with van der Waals surface area (Å²) in [6, 6.07) is 0.368. The van der Waals surface area contributed by atoms with Gasteiger partial charge in [-0.3, -0.25) is 4.79 Å². The van der Waals surface area contributed by atoms with Crippen LogP contribution in [0.1, 0.15) is 45.4 Å². The van der Waals surface area contributed by atoms with Crippen LogP contribution in [0.4, 0.5) is 0 Å². The van der Waals surface area contributed by atoms with E-state index in [1.54, 1.807) is 0 Å². The summed E-state index contributed by atoms with van der Waals surface area (Å²) < 4.78 is 5.83. The average molecular weight is 303 g/mol. The number of rotatable bonds is 4. The lowest BCUT2D eigenvalue weighted by atomic mass is 9.51. The van der Waals surface area contributed by atoms with Crippen LogP contribution in [-0.4, -0.2) is 37.7 Å². The van der Waals surface area contributed by atoms with Crippen LogP contribution in [0.25, 0.3) is 0 Å². The molecule has 1 spiro atoms. The first-order chi connectivity index (χ1) is 9.26. The van der Waals surface area contributed by atoms with Gasteiger partial charge in [0.2, 0.25) is 5.91 Å². The quantitative estimate of drug-likeness (QED) is 0.833. The Hall–Kier alpha value is -0.320. The van der Waals surface area contributed by atoms with Gasteiger partial charge in [0, 0.05) is 24.6 Å². The Bertz CT molecular complexity index is 341. The van der Waals surface area contributed by atoms with Crippen molar-refractivity contribution >= 4 is 18.3 Å². The van der Waals surface area contributed by atoms with Crippen LogP contribution in [-0.2, 0) is 9.53 Å². The van der Waals surface area contributed by atoms with Gasteiger partial charge in [0.1, 0.15) is 0 Å². The third-order valence-corrected chi connectivity index (χ3v) is 5.42. The molecule has 5 heteroatoms. The van der Waals surface area contributed by atoms with Crippen molar-refractivity contribution in [2.45, 2.75) is 57.6 Å². The molecule has 1 saturated heterocycles. The van der Waals surface area contributed by atoms with Crippen LogP contribution in [0, 0.1) is 11.3 Å². The Morgan fingerprint density at radius 3 is 2.75 bits per heavy atom. The molecular weight excluding hydrogens is 276 g/mol. The second-order valence-corrected chi connectivity index (χ2v) is 6.37. The van der Waals surface area contributed by atoms with Gasteiger partial charge in [-0.05, 0) is 45.6 Å². The molecule has 1 aliphatic heterocycles. The molecule has 0 radical (unpaired) electrons. The van der Waals surface area contributed by atoms with Gasteiger partial charge in [-0.1, -0.05) is 6.42 Å². The fourth-order valence-corrected chi connectivity index (χ4v) is 4.01. The van der Waals surface area contributed by atoms with Crippen molar-refractivity contribution in [1.82, 2.24) is 10.6 Å². The molecule has 3 rings (SSSR count). The summed E-state index contributed by atoms with van der Waals surface area (Å²) in [5.41, 5.74) is 0.285. The zero-order chi connectivity index (χ0) is 13.3. The second-order valence-electron chi connectivity index (χ2n) is 6.37. The molecule has 3 atom stereocenters. The van der Waals surface area contributed by atoms with E-state index >= 15 is 0 Å². The Labute approximate surface area is 127 Å². The minimum absolute atomic E-state index is 0. The molecule has 0 bridgehead atoms. The lowest BCUT2D eigenvalue weighted by Gasteiger charge is -2.61. The smallest absolute Gasteiger partial charge is 0.224 e. The highest BCUT2D eigenvalue weighted by molar-refractivity contribution is 5.85. The van der Waals surface area contributed by atoms with Crippen molar-refractivity contribution in [2.75, 3.05) is 19.7 Å². The monoisotopic (exact) mass is 302 g/mol. The molecule has 0 aromatic carbocycles. The van der Waals surface area contributed by atoms with Crippen LogP contribution in [0.2, 0.25) is 0 Å². The number of hydrogen-bond acceptors (Lipinski definition) is 3. The highest BCUT2D eigenvalue weighted by Gasteiger charge is 2.59. The fraction of sp³-hybridized carbons (Fsp3) is 0.933. The van der Waals surface area contributed by atoms with Crippen LogP contribution < -0.4 is 10.6 Å². The summed E-state index contributed by atoms with van der Waals surface area (Å²) in [4.78, 5) is 12.3. The number of carbonyl (C=O) groups excluding carboxylic acids is 1. The zero-order valence-electron chi connectivity index (χ0n) is 12.3. The average Bonchev–Trinajstić information content (AvgIpc) is 2.36. The molecule has 3 unspecified atom stereocenters. The number of piperidine rings is 1. The molecule has 4 nitrogen and oxygen atoms in total. The van der Waals surface area contributed by atoms with Gasteiger partial charge in [-0.25, -0.2) is 0 Å².